The van der Waals surface area contributed by atoms with Crippen LogP contribution in [-0.4, -0.2) is 19.0 Å². The molecular weight excluding hydrogens is 448 g/mol. The maximum atomic E-state index is 6.70. The largest absolute Gasteiger partial charge is 0.456 e. The lowest BCUT2D eigenvalue weighted by molar-refractivity contribution is -0.944. The number of fused-ring (bicyclic) bond motifs is 6. The summed E-state index contributed by atoms with van der Waals surface area (Å²) >= 11 is 0. The Hall–Kier alpha value is -5.04. The molecule has 0 aliphatic carbocycles. The summed E-state index contributed by atoms with van der Waals surface area (Å²) in [5, 5.41) is 15.7. The van der Waals surface area contributed by atoms with Crippen LogP contribution in [0.4, 0.5) is 0 Å². The van der Waals surface area contributed by atoms with Gasteiger partial charge in [-0.05, 0) is 30.3 Å². The topological polar surface area (TPSA) is 51.6 Å². The molecule has 0 fully saturated rings. The molecule has 3 aliphatic heterocycles. The third kappa shape index (κ3) is 1.36. The zero-order valence-corrected chi connectivity index (χ0v) is 18.7. The van der Waals surface area contributed by atoms with E-state index in [-0.39, 0.29) is 0 Å². The summed E-state index contributed by atoms with van der Waals surface area (Å²) in [6.45, 7) is 0. The average molecular weight is 462 g/mol. The molecule has 0 radical (unpaired) electrons. The van der Waals surface area contributed by atoms with Crippen molar-refractivity contribution in [3.63, 3.8) is 0 Å². The fourth-order valence-corrected chi connectivity index (χ4v) is 7.58. The Labute approximate surface area is 201 Å². The van der Waals surface area contributed by atoms with Crippen LogP contribution in [0.5, 0.6) is 11.5 Å². The third-order valence-electron chi connectivity index (χ3n) is 8.75. The van der Waals surface area contributed by atoms with E-state index in [1.165, 1.54) is 49.2 Å². The number of rotatable bonds is 0. The van der Waals surface area contributed by atoms with Gasteiger partial charge in [0.1, 0.15) is 52.9 Å². The standard InChI is InChI=1S/C29H14N6O/c1-2-4-19-15(3-1)16-5-7-21-25-23(16)27-32(19)9-11-34(27)29(25)26-22(36-21)8-6-17-18-13-30-31-14-20(18)33-10-12-35(29)28(33)24(17)26/h1-14H/q+2. The van der Waals surface area contributed by atoms with E-state index >= 15 is 0 Å². The van der Waals surface area contributed by atoms with Crippen molar-refractivity contribution in [2.45, 2.75) is 5.66 Å². The first kappa shape index (κ1) is 16.6. The maximum Gasteiger partial charge on any atom is 0.315 e. The minimum absolute atomic E-state index is 0.564. The molecule has 7 nitrogen and oxygen atoms in total. The lowest BCUT2D eigenvalue weighted by atomic mass is 9.85. The van der Waals surface area contributed by atoms with Crippen LogP contribution >= 0.6 is 0 Å². The summed E-state index contributed by atoms with van der Waals surface area (Å²) in [5.41, 5.74) is 6.46. The Morgan fingerprint density at radius 3 is 2.03 bits per heavy atom. The first-order chi connectivity index (χ1) is 17.9. The van der Waals surface area contributed by atoms with Crippen molar-refractivity contribution < 1.29 is 13.9 Å². The van der Waals surface area contributed by atoms with Crippen LogP contribution in [0.2, 0.25) is 0 Å². The van der Waals surface area contributed by atoms with Crippen molar-refractivity contribution in [3.8, 4) is 11.5 Å². The van der Waals surface area contributed by atoms with Gasteiger partial charge in [-0.15, -0.1) is 0 Å². The molecule has 7 heteroatoms. The van der Waals surface area contributed by atoms with Gasteiger partial charge >= 0.3 is 5.66 Å². The van der Waals surface area contributed by atoms with E-state index in [1.807, 2.05) is 12.4 Å². The van der Waals surface area contributed by atoms with E-state index in [2.05, 4.69) is 101 Å². The molecule has 8 aromatic rings. The van der Waals surface area contributed by atoms with E-state index in [9.17, 15) is 0 Å². The highest BCUT2D eigenvalue weighted by atomic mass is 16.5. The average Bonchev–Trinajstić information content (AvgIpc) is 3.68. The van der Waals surface area contributed by atoms with Crippen molar-refractivity contribution in [2.24, 2.45) is 0 Å². The van der Waals surface area contributed by atoms with Crippen LogP contribution in [0.25, 0.3) is 54.6 Å². The SMILES string of the molecule is c1ccc2c(c1)c1ccc3c4c1c1n2cc[n+]1C41c2c(ccc4c5cnncc5n5cc[n+]1c5c24)O3. The molecule has 164 valence electrons. The molecule has 1 spiro atoms. The van der Waals surface area contributed by atoms with Crippen LogP contribution in [0.3, 0.4) is 0 Å². The lowest BCUT2D eigenvalue weighted by Crippen LogP contribution is -2.71. The summed E-state index contributed by atoms with van der Waals surface area (Å²) in [7, 11) is 0. The fraction of sp³-hybridized carbons (Fsp3) is 0.0345. The van der Waals surface area contributed by atoms with Gasteiger partial charge in [0.2, 0.25) is 0 Å². The first-order valence-electron chi connectivity index (χ1n) is 12.1. The molecule has 1 atom stereocenters. The number of hydrogen-bond donors (Lipinski definition) is 0. The zero-order valence-electron chi connectivity index (χ0n) is 18.7. The summed E-state index contributed by atoms with van der Waals surface area (Å²) in [6.07, 6.45) is 12.6. The van der Waals surface area contributed by atoms with E-state index in [4.69, 9.17) is 4.74 Å². The van der Waals surface area contributed by atoms with Gasteiger partial charge in [-0.2, -0.15) is 28.1 Å². The molecule has 5 aromatic heterocycles. The number of pyridine rings is 2. The first-order valence-corrected chi connectivity index (χ1v) is 12.1. The normalized spacial score (nSPS) is 18.3. The highest BCUT2D eigenvalue weighted by Gasteiger charge is 2.65. The minimum atomic E-state index is -0.564. The number of nitrogens with zero attached hydrogens (tertiary/aromatic N) is 6. The number of hydrogen-bond acceptors (Lipinski definition) is 3. The monoisotopic (exact) mass is 462 g/mol. The molecule has 0 N–H and O–H groups in total. The molecule has 0 amide bonds. The molecule has 0 saturated carbocycles. The van der Waals surface area contributed by atoms with Gasteiger partial charge in [0.25, 0.3) is 11.3 Å². The van der Waals surface area contributed by atoms with Gasteiger partial charge in [-0.3, -0.25) is 0 Å². The second-order valence-corrected chi connectivity index (χ2v) is 10.0. The predicted octanol–water partition coefficient (Wildman–Crippen LogP) is 4.20. The van der Waals surface area contributed by atoms with Gasteiger partial charge in [0, 0.05) is 16.2 Å². The summed E-state index contributed by atoms with van der Waals surface area (Å²) in [4.78, 5) is 0. The Balaban J connectivity index is 1.50. The van der Waals surface area contributed by atoms with Crippen molar-refractivity contribution in [2.75, 3.05) is 0 Å². The molecule has 0 saturated heterocycles. The highest BCUT2D eigenvalue weighted by Crippen LogP contribution is 2.57. The number of aromatic nitrogens is 6. The number of para-hydroxylation sites is 1. The van der Waals surface area contributed by atoms with Gasteiger partial charge in [-0.1, -0.05) is 18.2 Å². The van der Waals surface area contributed by atoms with Gasteiger partial charge in [-0.25, -0.2) is 0 Å². The second kappa shape index (κ2) is 4.85. The Kier molecular flexibility index (Phi) is 2.23. The Bertz CT molecular complexity index is 2240. The van der Waals surface area contributed by atoms with E-state index in [1.54, 1.807) is 0 Å². The van der Waals surface area contributed by atoms with Crippen LogP contribution in [0.1, 0.15) is 11.1 Å². The smallest absolute Gasteiger partial charge is 0.315 e. The number of imidazole rings is 2. The van der Waals surface area contributed by atoms with Crippen LogP contribution < -0.4 is 13.9 Å². The van der Waals surface area contributed by atoms with E-state index in [0.29, 0.717) is 0 Å². The van der Waals surface area contributed by atoms with Crippen molar-refractivity contribution in [1.29, 1.82) is 0 Å². The summed E-state index contributed by atoms with van der Waals surface area (Å²) < 4.78 is 16.2. The number of benzene rings is 3. The highest BCUT2D eigenvalue weighted by molar-refractivity contribution is 6.17. The van der Waals surface area contributed by atoms with E-state index < -0.39 is 5.66 Å². The third-order valence-corrected chi connectivity index (χ3v) is 8.75. The molecular formula is C29H14N6O+2. The van der Waals surface area contributed by atoms with Gasteiger partial charge < -0.3 is 4.74 Å². The minimum Gasteiger partial charge on any atom is -0.456 e. The molecule has 3 aliphatic rings. The molecule has 11 rings (SSSR count). The lowest BCUT2D eigenvalue weighted by Gasteiger charge is -2.30. The molecule has 36 heavy (non-hydrogen) atoms. The van der Waals surface area contributed by atoms with Crippen LogP contribution in [-0.2, 0) is 5.66 Å². The second-order valence-electron chi connectivity index (χ2n) is 10.0. The van der Waals surface area contributed by atoms with Crippen LogP contribution in [0.15, 0.2) is 85.7 Å². The van der Waals surface area contributed by atoms with Crippen molar-refractivity contribution >= 4 is 54.6 Å². The predicted molar refractivity (Wildman–Crippen MR) is 132 cm³/mol. The van der Waals surface area contributed by atoms with Gasteiger partial charge in [0.05, 0.1) is 28.6 Å². The number of ether oxygens (including phenoxy) is 1. The van der Waals surface area contributed by atoms with Crippen molar-refractivity contribution in [1.82, 2.24) is 19.0 Å². The fourth-order valence-electron chi connectivity index (χ4n) is 7.58. The molecule has 1 unspecified atom stereocenters. The van der Waals surface area contributed by atoms with Gasteiger partial charge in [0.15, 0.2) is 5.52 Å². The van der Waals surface area contributed by atoms with Crippen LogP contribution in [0, 0.1) is 0 Å². The Morgan fingerprint density at radius 2 is 1.28 bits per heavy atom. The summed E-state index contributed by atoms with van der Waals surface area (Å²) in [6, 6.07) is 17.4. The quantitative estimate of drug-likeness (QED) is 0.251. The molecule has 3 aromatic carbocycles. The molecule has 0 bridgehead atoms. The molecule has 8 heterocycles. The summed E-state index contributed by atoms with van der Waals surface area (Å²) in [5.74, 6) is 1.83. The van der Waals surface area contributed by atoms with Crippen molar-refractivity contribution in [3.05, 3.63) is 96.8 Å². The van der Waals surface area contributed by atoms with E-state index in [0.717, 1.165) is 28.0 Å². The maximum absolute atomic E-state index is 6.70. The zero-order chi connectivity index (χ0) is 22.9. The Morgan fingerprint density at radius 1 is 0.639 bits per heavy atom.